The number of hydrogen-bond donors (Lipinski definition) is 2. The fraction of sp³-hybridized carbons (Fsp3) is 0.625. The summed E-state index contributed by atoms with van der Waals surface area (Å²) in [6, 6.07) is 0. The lowest BCUT2D eigenvalue weighted by Crippen LogP contribution is -2.30. The molecule has 2 N–H and O–H groups in total. The molecule has 0 aliphatic carbocycles. The predicted molar refractivity (Wildman–Crippen MR) is 46.7 cm³/mol. The van der Waals surface area contributed by atoms with Crippen LogP contribution in [0.25, 0.3) is 0 Å². The average Bonchev–Trinajstić information content (AvgIpc) is 2.00. The molecular weight excluding hydrogens is 172 g/mol. The molecule has 0 saturated heterocycles. The van der Waals surface area contributed by atoms with Crippen LogP contribution in [0.4, 0.5) is 0 Å². The van der Waals surface area contributed by atoms with Gasteiger partial charge in [-0.25, -0.2) is 0 Å². The Kier molecular flexibility index (Phi) is 5.50. The van der Waals surface area contributed by atoms with Crippen molar-refractivity contribution in [2.75, 3.05) is 6.54 Å². The van der Waals surface area contributed by atoms with Crippen LogP contribution in [0.3, 0.4) is 0 Å². The molecule has 0 aromatic heterocycles. The van der Waals surface area contributed by atoms with Crippen LogP contribution in [0, 0.1) is 0 Å². The Morgan fingerprint density at radius 2 is 1.62 bits per heavy atom. The topological polar surface area (TPSA) is 75.3 Å². The summed E-state index contributed by atoms with van der Waals surface area (Å²) < 4.78 is 0. The summed E-state index contributed by atoms with van der Waals surface area (Å²) in [6.45, 7) is 3.60. The number of carbonyl (C=O) groups is 3. The lowest BCUT2D eigenvalue weighted by atomic mass is 10.3. The van der Waals surface area contributed by atoms with E-state index >= 15 is 0 Å². The lowest BCUT2D eigenvalue weighted by Gasteiger charge is -2.01. The Morgan fingerprint density at radius 1 is 1.08 bits per heavy atom. The second kappa shape index (κ2) is 6.16. The Labute approximate surface area is 76.9 Å². The maximum atomic E-state index is 10.9. The summed E-state index contributed by atoms with van der Waals surface area (Å²) in [5, 5.41) is 4.63. The molecule has 0 fully saturated rings. The van der Waals surface area contributed by atoms with E-state index in [9.17, 15) is 14.4 Å². The van der Waals surface area contributed by atoms with Crippen molar-refractivity contribution in [3.8, 4) is 0 Å². The number of nitrogens with one attached hydrogen (secondary N) is 2. The number of hydrogen-bond acceptors (Lipinski definition) is 3. The van der Waals surface area contributed by atoms with Gasteiger partial charge in [0.05, 0.1) is 0 Å². The first kappa shape index (κ1) is 11.6. The molecule has 0 spiro atoms. The molecule has 5 nitrogen and oxygen atoms in total. The van der Waals surface area contributed by atoms with Gasteiger partial charge in [0.1, 0.15) is 0 Å². The lowest BCUT2D eigenvalue weighted by molar-refractivity contribution is -0.131. The van der Waals surface area contributed by atoms with Crippen LogP contribution < -0.4 is 10.6 Å². The van der Waals surface area contributed by atoms with Crippen molar-refractivity contribution in [3.05, 3.63) is 0 Å². The summed E-state index contributed by atoms with van der Waals surface area (Å²) in [5.74, 6) is -0.999. The maximum Gasteiger partial charge on any atom is 0.227 e. The molecule has 0 atom stereocenters. The van der Waals surface area contributed by atoms with Gasteiger partial charge in [0.15, 0.2) is 0 Å². The minimum Gasteiger partial charge on any atom is -0.356 e. The number of carbonyl (C=O) groups excluding carboxylic acids is 3. The average molecular weight is 186 g/mol. The molecule has 0 aliphatic heterocycles. The van der Waals surface area contributed by atoms with Gasteiger partial charge in [0, 0.05) is 26.3 Å². The van der Waals surface area contributed by atoms with Gasteiger partial charge >= 0.3 is 0 Å². The van der Waals surface area contributed by atoms with Crippen LogP contribution in [0.15, 0.2) is 0 Å². The van der Waals surface area contributed by atoms with Crippen molar-refractivity contribution < 1.29 is 14.4 Å². The van der Waals surface area contributed by atoms with Gasteiger partial charge in [0.2, 0.25) is 17.7 Å². The van der Waals surface area contributed by atoms with Crippen LogP contribution in [0.5, 0.6) is 0 Å². The van der Waals surface area contributed by atoms with E-state index in [2.05, 4.69) is 10.6 Å². The second-order valence-electron chi connectivity index (χ2n) is 2.56. The third-order valence-electron chi connectivity index (χ3n) is 1.27. The molecule has 0 bridgehead atoms. The van der Waals surface area contributed by atoms with Crippen molar-refractivity contribution in [2.45, 2.75) is 26.7 Å². The van der Waals surface area contributed by atoms with Gasteiger partial charge in [-0.15, -0.1) is 0 Å². The molecule has 0 unspecified atom stereocenters. The molecule has 0 aromatic rings. The van der Waals surface area contributed by atoms with E-state index in [0.717, 1.165) is 0 Å². The third kappa shape index (κ3) is 6.99. The SMILES string of the molecule is CCNC(=O)CCC(=O)NC(C)=O. The zero-order chi connectivity index (χ0) is 10.3. The second-order valence-corrected chi connectivity index (χ2v) is 2.56. The largest absolute Gasteiger partial charge is 0.356 e. The van der Waals surface area contributed by atoms with Crippen LogP contribution in [0.2, 0.25) is 0 Å². The fourth-order valence-electron chi connectivity index (χ4n) is 0.771. The molecule has 0 rings (SSSR count). The Bertz CT molecular complexity index is 213. The van der Waals surface area contributed by atoms with Gasteiger partial charge in [-0.3, -0.25) is 19.7 Å². The zero-order valence-electron chi connectivity index (χ0n) is 7.85. The van der Waals surface area contributed by atoms with Crippen LogP contribution in [0.1, 0.15) is 26.7 Å². The Hall–Kier alpha value is -1.39. The summed E-state index contributed by atoms with van der Waals surface area (Å²) >= 11 is 0. The van der Waals surface area contributed by atoms with Crippen molar-refractivity contribution in [3.63, 3.8) is 0 Å². The molecule has 13 heavy (non-hydrogen) atoms. The molecule has 5 heteroatoms. The summed E-state index contributed by atoms with van der Waals surface area (Å²) in [4.78, 5) is 32.1. The summed E-state index contributed by atoms with van der Waals surface area (Å²) in [7, 11) is 0. The summed E-state index contributed by atoms with van der Waals surface area (Å²) in [5.41, 5.74) is 0. The smallest absolute Gasteiger partial charge is 0.227 e. The van der Waals surface area contributed by atoms with Gasteiger partial charge < -0.3 is 5.32 Å². The molecule has 0 aromatic carbocycles. The van der Waals surface area contributed by atoms with Crippen molar-refractivity contribution >= 4 is 17.7 Å². The number of imide groups is 1. The third-order valence-corrected chi connectivity index (χ3v) is 1.27. The van der Waals surface area contributed by atoms with Crippen molar-refractivity contribution in [1.82, 2.24) is 10.6 Å². The molecule has 0 saturated carbocycles. The first-order chi connectivity index (χ1) is 6.06. The minimum atomic E-state index is -0.418. The van der Waals surface area contributed by atoms with Crippen molar-refractivity contribution in [1.29, 1.82) is 0 Å². The van der Waals surface area contributed by atoms with E-state index < -0.39 is 11.8 Å². The molecule has 3 amide bonds. The first-order valence-electron chi connectivity index (χ1n) is 4.13. The summed E-state index contributed by atoms with van der Waals surface area (Å²) in [6.07, 6.45) is 0.165. The molecular formula is C8H14N2O3. The maximum absolute atomic E-state index is 10.9. The predicted octanol–water partition coefficient (Wildman–Crippen LogP) is -0.435. The number of rotatable bonds is 4. The van der Waals surface area contributed by atoms with Crippen LogP contribution >= 0.6 is 0 Å². The molecule has 0 heterocycles. The fourth-order valence-corrected chi connectivity index (χ4v) is 0.771. The monoisotopic (exact) mass is 186 g/mol. The van der Waals surface area contributed by atoms with E-state index in [0.29, 0.717) is 6.54 Å². The minimum absolute atomic E-state index is 0.0470. The molecule has 0 aliphatic rings. The van der Waals surface area contributed by atoms with E-state index in [-0.39, 0.29) is 18.7 Å². The normalized spacial score (nSPS) is 9.08. The van der Waals surface area contributed by atoms with Gasteiger partial charge in [0.25, 0.3) is 0 Å². The quantitative estimate of drug-likeness (QED) is 0.625. The van der Waals surface area contributed by atoms with Gasteiger partial charge in [-0.1, -0.05) is 0 Å². The first-order valence-corrected chi connectivity index (χ1v) is 4.13. The standard InChI is InChI=1S/C8H14N2O3/c1-3-9-7(12)4-5-8(13)10-6(2)11/h3-5H2,1-2H3,(H,9,12)(H,10,11,13). The van der Waals surface area contributed by atoms with Crippen LogP contribution in [-0.2, 0) is 14.4 Å². The van der Waals surface area contributed by atoms with E-state index in [1.54, 1.807) is 6.92 Å². The van der Waals surface area contributed by atoms with E-state index in [1.807, 2.05) is 0 Å². The highest BCUT2D eigenvalue weighted by Gasteiger charge is 2.06. The highest BCUT2D eigenvalue weighted by Crippen LogP contribution is 1.88. The van der Waals surface area contributed by atoms with Gasteiger partial charge in [-0.2, -0.15) is 0 Å². The number of amides is 3. The zero-order valence-corrected chi connectivity index (χ0v) is 7.85. The Morgan fingerprint density at radius 3 is 2.08 bits per heavy atom. The Balaban J connectivity index is 3.58. The van der Waals surface area contributed by atoms with Gasteiger partial charge in [-0.05, 0) is 6.92 Å². The van der Waals surface area contributed by atoms with E-state index in [4.69, 9.17) is 0 Å². The van der Waals surface area contributed by atoms with Crippen molar-refractivity contribution in [2.24, 2.45) is 0 Å². The van der Waals surface area contributed by atoms with E-state index in [1.165, 1.54) is 6.92 Å². The molecule has 74 valence electrons. The highest BCUT2D eigenvalue weighted by atomic mass is 16.2. The highest BCUT2D eigenvalue weighted by molar-refractivity contribution is 5.95. The molecule has 0 radical (unpaired) electrons. The van der Waals surface area contributed by atoms with Crippen LogP contribution in [-0.4, -0.2) is 24.3 Å².